The number of hydrogen-bond acceptors (Lipinski definition) is 3. The van der Waals surface area contributed by atoms with Gasteiger partial charge in [-0.3, -0.25) is 9.59 Å². The van der Waals surface area contributed by atoms with Crippen LogP contribution in [0.4, 0.5) is 0 Å². The Labute approximate surface area is 111 Å². The number of thiophene rings is 1. The monoisotopic (exact) mass is 269 g/mol. The van der Waals surface area contributed by atoms with E-state index in [0.29, 0.717) is 4.88 Å². The van der Waals surface area contributed by atoms with Gasteiger partial charge < -0.3 is 10.4 Å². The first kappa shape index (κ1) is 14.7. The average Bonchev–Trinajstić information content (AvgIpc) is 2.63. The molecule has 1 aromatic heterocycles. The van der Waals surface area contributed by atoms with Crippen molar-refractivity contribution in [1.29, 1.82) is 0 Å². The molecule has 18 heavy (non-hydrogen) atoms. The van der Waals surface area contributed by atoms with Crippen molar-refractivity contribution in [2.24, 2.45) is 5.92 Å². The third-order valence-electron chi connectivity index (χ3n) is 3.16. The fourth-order valence-electron chi connectivity index (χ4n) is 1.58. The Morgan fingerprint density at radius 3 is 2.44 bits per heavy atom. The summed E-state index contributed by atoms with van der Waals surface area (Å²) in [7, 11) is 0. The molecule has 1 aromatic rings. The molecule has 0 spiro atoms. The molecule has 1 unspecified atom stereocenters. The Bertz CT molecular complexity index is 453. The van der Waals surface area contributed by atoms with Crippen LogP contribution in [0.3, 0.4) is 0 Å². The summed E-state index contributed by atoms with van der Waals surface area (Å²) in [5, 5.41) is 11.8. The van der Waals surface area contributed by atoms with Gasteiger partial charge in [0.15, 0.2) is 0 Å². The molecule has 0 saturated carbocycles. The van der Waals surface area contributed by atoms with Gasteiger partial charge in [0.05, 0.1) is 16.8 Å². The number of aryl methyl sites for hydroxylation is 1. The lowest BCUT2D eigenvalue weighted by Gasteiger charge is -2.33. The normalized spacial score (nSPS) is 14.3. The van der Waals surface area contributed by atoms with Gasteiger partial charge in [0.1, 0.15) is 0 Å². The molecular formula is C13H19NO3S. The molecule has 0 aliphatic carbocycles. The van der Waals surface area contributed by atoms with Gasteiger partial charge in [-0.05, 0) is 31.9 Å². The van der Waals surface area contributed by atoms with Crippen LogP contribution in [-0.2, 0) is 4.79 Å². The SMILES string of the molecule is Cc1ccc(C(=O)NC(C)(CC(=O)O)C(C)C)s1. The zero-order valence-corrected chi connectivity index (χ0v) is 11.9. The van der Waals surface area contributed by atoms with E-state index in [0.717, 1.165) is 4.88 Å². The van der Waals surface area contributed by atoms with Gasteiger partial charge in [-0.2, -0.15) is 0 Å². The second-order valence-corrected chi connectivity index (χ2v) is 6.30. The van der Waals surface area contributed by atoms with Crippen LogP contribution in [0.2, 0.25) is 0 Å². The lowest BCUT2D eigenvalue weighted by molar-refractivity contribution is -0.138. The first-order valence-corrected chi connectivity index (χ1v) is 6.67. The highest BCUT2D eigenvalue weighted by Gasteiger charge is 2.33. The molecule has 5 heteroatoms. The summed E-state index contributed by atoms with van der Waals surface area (Å²) in [6.07, 6.45) is -0.0826. The minimum absolute atomic E-state index is 0.0404. The van der Waals surface area contributed by atoms with Crippen molar-refractivity contribution >= 4 is 23.2 Å². The molecule has 1 heterocycles. The van der Waals surface area contributed by atoms with E-state index in [2.05, 4.69) is 5.32 Å². The Morgan fingerprint density at radius 1 is 1.44 bits per heavy atom. The highest BCUT2D eigenvalue weighted by Crippen LogP contribution is 2.23. The number of amides is 1. The van der Waals surface area contributed by atoms with Crippen molar-refractivity contribution in [2.75, 3.05) is 0 Å². The number of rotatable bonds is 5. The maximum absolute atomic E-state index is 12.1. The number of aliphatic carboxylic acids is 1. The van der Waals surface area contributed by atoms with Crippen molar-refractivity contribution < 1.29 is 14.7 Å². The Balaban J connectivity index is 2.84. The van der Waals surface area contributed by atoms with Gasteiger partial charge in [-0.1, -0.05) is 13.8 Å². The number of carbonyl (C=O) groups excluding carboxylic acids is 1. The smallest absolute Gasteiger partial charge is 0.305 e. The highest BCUT2D eigenvalue weighted by atomic mass is 32.1. The van der Waals surface area contributed by atoms with Gasteiger partial charge in [0.25, 0.3) is 5.91 Å². The third-order valence-corrected chi connectivity index (χ3v) is 4.16. The third kappa shape index (κ3) is 3.57. The van der Waals surface area contributed by atoms with Crippen molar-refractivity contribution in [3.05, 3.63) is 21.9 Å². The first-order valence-electron chi connectivity index (χ1n) is 5.85. The van der Waals surface area contributed by atoms with Crippen LogP contribution in [0.1, 0.15) is 41.7 Å². The number of carbonyl (C=O) groups is 2. The van der Waals surface area contributed by atoms with E-state index in [9.17, 15) is 9.59 Å². The average molecular weight is 269 g/mol. The van der Waals surface area contributed by atoms with Crippen LogP contribution in [0.25, 0.3) is 0 Å². The first-order chi connectivity index (χ1) is 8.24. The van der Waals surface area contributed by atoms with Crippen LogP contribution < -0.4 is 5.32 Å². The topological polar surface area (TPSA) is 66.4 Å². The zero-order chi connectivity index (χ0) is 13.9. The molecule has 100 valence electrons. The Morgan fingerprint density at radius 2 is 2.06 bits per heavy atom. The second-order valence-electron chi connectivity index (χ2n) is 5.01. The largest absolute Gasteiger partial charge is 0.481 e. The lowest BCUT2D eigenvalue weighted by Crippen LogP contribution is -2.51. The molecule has 0 bridgehead atoms. The minimum Gasteiger partial charge on any atom is -0.481 e. The maximum atomic E-state index is 12.1. The van der Waals surface area contributed by atoms with Crippen LogP contribution >= 0.6 is 11.3 Å². The van der Waals surface area contributed by atoms with Crippen molar-refractivity contribution in [2.45, 2.75) is 39.7 Å². The molecule has 2 N–H and O–H groups in total. The summed E-state index contributed by atoms with van der Waals surface area (Å²) >= 11 is 1.41. The molecule has 1 amide bonds. The van der Waals surface area contributed by atoms with E-state index < -0.39 is 11.5 Å². The standard InChI is InChI=1S/C13H19NO3S/c1-8(2)13(4,7-11(15)16)14-12(17)10-6-5-9(3)18-10/h5-6,8H,7H2,1-4H3,(H,14,17)(H,15,16). The van der Waals surface area contributed by atoms with E-state index in [1.807, 2.05) is 26.8 Å². The van der Waals surface area contributed by atoms with Crippen LogP contribution in [0, 0.1) is 12.8 Å². The number of carboxylic acids is 1. The van der Waals surface area contributed by atoms with Crippen molar-refractivity contribution in [3.63, 3.8) is 0 Å². The van der Waals surface area contributed by atoms with Crippen molar-refractivity contribution in [1.82, 2.24) is 5.32 Å². The number of hydrogen-bond donors (Lipinski definition) is 2. The summed E-state index contributed by atoms with van der Waals surface area (Å²) in [4.78, 5) is 24.6. The summed E-state index contributed by atoms with van der Waals surface area (Å²) in [6.45, 7) is 7.51. The lowest BCUT2D eigenvalue weighted by atomic mass is 9.85. The molecule has 0 aliphatic heterocycles. The van der Waals surface area contributed by atoms with Gasteiger partial charge in [-0.15, -0.1) is 11.3 Å². The summed E-state index contributed by atoms with van der Waals surface area (Å²) in [5.41, 5.74) is -0.735. The fraction of sp³-hybridized carbons (Fsp3) is 0.538. The maximum Gasteiger partial charge on any atom is 0.305 e. The second kappa shape index (κ2) is 5.52. The summed E-state index contributed by atoms with van der Waals surface area (Å²) in [6, 6.07) is 3.64. The fourth-order valence-corrected chi connectivity index (χ4v) is 2.35. The molecule has 1 atom stereocenters. The summed E-state index contributed by atoms with van der Waals surface area (Å²) in [5.74, 6) is -1.07. The van der Waals surface area contributed by atoms with E-state index in [1.54, 1.807) is 13.0 Å². The molecule has 4 nitrogen and oxygen atoms in total. The quantitative estimate of drug-likeness (QED) is 0.863. The molecule has 0 radical (unpaired) electrons. The highest BCUT2D eigenvalue weighted by molar-refractivity contribution is 7.13. The Hall–Kier alpha value is -1.36. The molecule has 0 fully saturated rings. The van der Waals surface area contributed by atoms with Gasteiger partial charge >= 0.3 is 5.97 Å². The van der Waals surface area contributed by atoms with Gasteiger partial charge in [0, 0.05) is 4.88 Å². The van der Waals surface area contributed by atoms with Gasteiger partial charge in [0.2, 0.25) is 0 Å². The molecule has 1 rings (SSSR count). The van der Waals surface area contributed by atoms with Crippen molar-refractivity contribution in [3.8, 4) is 0 Å². The molecule has 0 aromatic carbocycles. The van der Waals surface area contributed by atoms with Crippen LogP contribution in [0.15, 0.2) is 12.1 Å². The van der Waals surface area contributed by atoms with E-state index in [4.69, 9.17) is 5.11 Å². The van der Waals surface area contributed by atoms with Gasteiger partial charge in [-0.25, -0.2) is 0 Å². The minimum atomic E-state index is -0.908. The Kier molecular flexibility index (Phi) is 4.51. The van der Waals surface area contributed by atoms with Crippen LogP contribution in [-0.4, -0.2) is 22.5 Å². The zero-order valence-electron chi connectivity index (χ0n) is 11.1. The predicted molar refractivity (Wildman–Crippen MR) is 72.0 cm³/mol. The predicted octanol–water partition coefficient (Wildman–Crippen LogP) is 2.68. The van der Waals surface area contributed by atoms with Crippen LogP contribution in [0.5, 0.6) is 0 Å². The number of carboxylic acid groups (broad SMARTS) is 1. The molecule has 0 aliphatic rings. The van der Waals surface area contributed by atoms with E-state index in [1.165, 1.54) is 11.3 Å². The van der Waals surface area contributed by atoms with E-state index >= 15 is 0 Å². The summed E-state index contributed by atoms with van der Waals surface area (Å²) < 4.78 is 0. The number of nitrogens with one attached hydrogen (secondary N) is 1. The molecule has 0 saturated heterocycles. The molecular weight excluding hydrogens is 250 g/mol. The van der Waals surface area contributed by atoms with E-state index in [-0.39, 0.29) is 18.2 Å².